The molecule has 35 heavy (non-hydrogen) atoms. The van der Waals surface area contributed by atoms with Crippen molar-refractivity contribution in [2.24, 2.45) is 0 Å². The van der Waals surface area contributed by atoms with Crippen LogP contribution in [0.1, 0.15) is 40.1 Å². The average molecular weight is 548 g/mol. The number of piperazine rings is 1. The molecule has 2 aliphatic heterocycles. The maximum Gasteiger partial charge on any atom is 0.410 e. The summed E-state index contributed by atoms with van der Waals surface area (Å²) in [7, 11) is 0. The number of alkyl halides is 3. The number of nitrogens with one attached hydrogen (secondary N) is 1. The predicted octanol–water partition coefficient (Wildman–Crippen LogP) is 5.26. The van der Waals surface area contributed by atoms with Crippen molar-refractivity contribution in [3.63, 3.8) is 0 Å². The molecule has 0 radical (unpaired) electrons. The number of carbonyl (C=O) groups is 1. The van der Waals surface area contributed by atoms with Gasteiger partial charge >= 0.3 is 6.18 Å². The van der Waals surface area contributed by atoms with Gasteiger partial charge in [0, 0.05) is 49.7 Å². The van der Waals surface area contributed by atoms with Crippen LogP contribution < -0.4 is 5.32 Å². The number of nitrogens with zero attached hydrogens (tertiary/aromatic N) is 4. The average Bonchev–Trinajstić information content (AvgIpc) is 3.28. The zero-order chi connectivity index (χ0) is 24.6. The van der Waals surface area contributed by atoms with Gasteiger partial charge in [0.05, 0.1) is 6.04 Å². The molecule has 184 valence electrons. The van der Waals surface area contributed by atoms with E-state index in [9.17, 15) is 18.0 Å². The fourth-order valence-electron chi connectivity index (χ4n) is 4.70. The van der Waals surface area contributed by atoms with E-state index in [-0.39, 0.29) is 23.8 Å². The molecule has 0 unspecified atom stereocenters. The molecule has 1 aromatic heterocycles. The van der Waals surface area contributed by atoms with Crippen LogP contribution in [0.3, 0.4) is 0 Å². The van der Waals surface area contributed by atoms with Crippen molar-refractivity contribution in [3.8, 4) is 0 Å². The molecule has 10 heteroatoms. The number of halogens is 4. The Kier molecular flexibility index (Phi) is 6.59. The van der Waals surface area contributed by atoms with Gasteiger partial charge in [-0.2, -0.15) is 18.3 Å². The molecule has 2 aliphatic rings. The highest BCUT2D eigenvalue weighted by atomic mass is 79.9. The molecule has 0 aliphatic carbocycles. The van der Waals surface area contributed by atoms with E-state index in [1.807, 2.05) is 18.2 Å². The number of hydrogen-bond acceptors (Lipinski definition) is 4. The molecule has 1 fully saturated rings. The molecule has 3 aromatic rings. The summed E-state index contributed by atoms with van der Waals surface area (Å²) in [6.07, 6.45) is -4.69. The molecule has 5 rings (SSSR count). The fraction of sp³-hybridized carbons (Fsp3) is 0.360. The largest absolute Gasteiger partial charge is 0.410 e. The van der Waals surface area contributed by atoms with Crippen molar-refractivity contribution in [1.82, 2.24) is 19.6 Å². The number of aromatic nitrogens is 2. The molecule has 2 aromatic carbocycles. The van der Waals surface area contributed by atoms with Crippen LogP contribution in [0.4, 0.5) is 19.0 Å². The minimum absolute atomic E-state index is 0.0368. The Morgan fingerprint density at radius 1 is 1.03 bits per heavy atom. The molecule has 1 saturated heterocycles. The summed E-state index contributed by atoms with van der Waals surface area (Å²) in [4.78, 5) is 17.1. The monoisotopic (exact) mass is 547 g/mol. The number of fused-ring (bicyclic) bond motifs is 1. The van der Waals surface area contributed by atoms with E-state index in [0.29, 0.717) is 26.2 Å². The summed E-state index contributed by atoms with van der Waals surface area (Å²) in [6, 6.07) is 16.4. The Bertz CT molecular complexity index is 1170. The summed E-state index contributed by atoms with van der Waals surface area (Å²) < 4.78 is 43.7. The lowest BCUT2D eigenvalue weighted by Crippen LogP contribution is -2.48. The van der Waals surface area contributed by atoms with Crippen LogP contribution in [0.5, 0.6) is 0 Å². The van der Waals surface area contributed by atoms with Gasteiger partial charge in [0.15, 0.2) is 11.7 Å². The summed E-state index contributed by atoms with van der Waals surface area (Å²) >= 11 is 3.36. The summed E-state index contributed by atoms with van der Waals surface area (Å²) in [5.41, 5.74) is 1.99. The summed E-state index contributed by atoms with van der Waals surface area (Å²) in [6.45, 7) is 3.21. The summed E-state index contributed by atoms with van der Waals surface area (Å²) in [5, 5.41) is 7.28. The second-order valence-electron chi connectivity index (χ2n) is 8.95. The van der Waals surface area contributed by atoms with Gasteiger partial charge in [0.1, 0.15) is 5.82 Å². The van der Waals surface area contributed by atoms with Crippen molar-refractivity contribution in [1.29, 1.82) is 0 Å². The molecule has 1 N–H and O–H groups in total. The first-order valence-electron chi connectivity index (χ1n) is 11.5. The number of benzene rings is 2. The fourth-order valence-corrected chi connectivity index (χ4v) is 4.97. The van der Waals surface area contributed by atoms with Crippen LogP contribution in [0.25, 0.3) is 0 Å². The Morgan fingerprint density at radius 2 is 1.71 bits per heavy atom. The first-order valence-corrected chi connectivity index (χ1v) is 12.3. The first kappa shape index (κ1) is 23.9. The number of carbonyl (C=O) groups excluding carboxylic acids is 1. The minimum atomic E-state index is -4.49. The number of hydrogen-bond donors (Lipinski definition) is 1. The molecule has 3 heterocycles. The van der Waals surface area contributed by atoms with Crippen LogP contribution in [-0.4, -0.2) is 57.8 Å². The smallest absolute Gasteiger partial charge is 0.363 e. The first-order chi connectivity index (χ1) is 16.8. The lowest BCUT2D eigenvalue weighted by molar-refractivity contribution is -0.173. The lowest BCUT2D eigenvalue weighted by Gasteiger charge is -2.34. The quantitative estimate of drug-likeness (QED) is 0.483. The minimum Gasteiger partial charge on any atom is -0.363 e. The second kappa shape index (κ2) is 9.66. The van der Waals surface area contributed by atoms with Crippen molar-refractivity contribution >= 4 is 27.7 Å². The number of anilines is 1. The molecular formula is C25H25BrF3N5O. The van der Waals surface area contributed by atoms with Crippen molar-refractivity contribution < 1.29 is 18.0 Å². The molecule has 1 amide bonds. The normalized spacial score (nSPS) is 20.9. The molecule has 0 bridgehead atoms. The Hall–Kier alpha value is -2.85. The molecule has 0 saturated carbocycles. The zero-order valence-electron chi connectivity index (χ0n) is 18.9. The van der Waals surface area contributed by atoms with Crippen LogP contribution >= 0.6 is 15.9 Å². The number of amides is 1. The van der Waals surface area contributed by atoms with E-state index >= 15 is 0 Å². The highest BCUT2D eigenvalue weighted by Gasteiger charge is 2.47. The lowest BCUT2D eigenvalue weighted by atomic mass is 9.97. The molecule has 0 spiro atoms. The second-order valence-corrected chi connectivity index (χ2v) is 9.87. The van der Waals surface area contributed by atoms with E-state index in [1.165, 1.54) is 11.6 Å². The van der Waals surface area contributed by atoms with Crippen LogP contribution in [0, 0.1) is 0 Å². The highest BCUT2D eigenvalue weighted by Crippen LogP contribution is 2.43. The van der Waals surface area contributed by atoms with Gasteiger partial charge in [-0.05, 0) is 23.3 Å². The van der Waals surface area contributed by atoms with Crippen molar-refractivity contribution in [3.05, 3.63) is 82.0 Å². The van der Waals surface area contributed by atoms with Gasteiger partial charge in [0.25, 0.3) is 5.91 Å². The third kappa shape index (κ3) is 5.23. The van der Waals surface area contributed by atoms with E-state index < -0.39 is 18.3 Å². The third-order valence-corrected chi connectivity index (χ3v) is 7.12. The standard InChI is InChI=1S/C25H25BrF3N5O/c26-19-8-6-18(7-9-19)20-14-22(25(27,28)29)34-23(30-20)15-21(31-34)24(35)33-12-10-32(11-13-33)16-17-4-2-1-3-5-17/h1-9,15,20,22,30H,10-14,16H2/t20-,22+/m0/s1. The van der Waals surface area contributed by atoms with Crippen molar-refractivity contribution in [2.75, 3.05) is 31.5 Å². The van der Waals surface area contributed by atoms with Crippen molar-refractivity contribution in [2.45, 2.75) is 31.2 Å². The Balaban J connectivity index is 1.30. The molecule has 2 atom stereocenters. The van der Waals surface area contributed by atoms with Gasteiger partial charge in [-0.15, -0.1) is 0 Å². The Morgan fingerprint density at radius 3 is 2.37 bits per heavy atom. The maximum atomic E-state index is 14.0. The van der Waals surface area contributed by atoms with E-state index in [1.54, 1.807) is 29.2 Å². The molecular weight excluding hydrogens is 523 g/mol. The topological polar surface area (TPSA) is 53.4 Å². The van der Waals surface area contributed by atoms with Crippen LogP contribution in [0.2, 0.25) is 0 Å². The third-order valence-electron chi connectivity index (χ3n) is 6.59. The SMILES string of the molecule is O=C(c1cc2n(n1)[C@@H](C(F)(F)F)C[C@@H](c1ccc(Br)cc1)N2)N1CCN(Cc2ccccc2)CC1. The highest BCUT2D eigenvalue weighted by molar-refractivity contribution is 9.10. The van der Waals surface area contributed by atoms with E-state index in [2.05, 4.69) is 43.4 Å². The van der Waals surface area contributed by atoms with Gasteiger partial charge in [-0.25, -0.2) is 4.68 Å². The van der Waals surface area contributed by atoms with Gasteiger partial charge in [-0.1, -0.05) is 58.4 Å². The van der Waals surface area contributed by atoms with Crippen LogP contribution in [0.15, 0.2) is 65.1 Å². The van der Waals surface area contributed by atoms with E-state index in [0.717, 1.165) is 21.3 Å². The van der Waals surface area contributed by atoms with Gasteiger partial charge < -0.3 is 10.2 Å². The predicted molar refractivity (Wildman–Crippen MR) is 130 cm³/mol. The van der Waals surface area contributed by atoms with Crippen LogP contribution in [-0.2, 0) is 6.54 Å². The maximum absolute atomic E-state index is 14.0. The van der Waals surface area contributed by atoms with Gasteiger partial charge in [0.2, 0.25) is 0 Å². The van der Waals surface area contributed by atoms with Gasteiger partial charge in [-0.3, -0.25) is 9.69 Å². The van der Waals surface area contributed by atoms with E-state index in [4.69, 9.17) is 0 Å². The zero-order valence-corrected chi connectivity index (χ0v) is 20.5. The number of rotatable bonds is 4. The summed E-state index contributed by atoms with van der Waals surface area (Å²) in [5.74, 6) is -0.133. The molecule has 6 nitrogen and oxygen atoms in total. The Labute approximate surface area is 209 Å².